The largest absolute Gasteiger partial charge is 0.478 e. The van der Waals surface area contributed by atoms with Crippen LogP contribution in [0.1, 0.15) is 42.1 Å². The zero-order valence-electron chi connectivity index (χ0n) is 10.1. The average molecular weight is 234 g/mol. The number of aromatic carboxylic acids is 1. The Balaban J connectivity index is 2.17. The molecular weight excluding hydrogens is 216 g/mol. The van der Waals surface area contributed by atoms with E-state index in [2.05, 4.69) is 0 Å². The van der Waals surface area contributed by atoms with Gasteiger partial charge in [0.25, 0.3) is 0 Å². The van der Waals surface area contributed by atoms with Crippen LogP contribution in [0.15, 0.2) is 24.3 Å². The highest BCUT2D eigenvalue weighted by molar-refractivity contribution is 5.87. The van der Waals surface area contributed by atoms with Gasteiger partial charge < -0.3 is 9.84 Å². The number of rotatable bonds is 5. The molecule has 0 unspecified atom stereocenters. The van der Waals surface area contributed by atoms with Crippen molar-refractivity contribution in [1.29, 1.82) is 0 Å². The molecule has 1 fully saturated rings. The van der Waals surface area contributed by atoms with Gasteiger partial charge in [0.2, 0.25) is 0 Å². The van der Waals surface area contributed by atoms with Gasteiger partial charge in [-0.25, -0.2) is 4.79 Å². The Labute approximate surface area is 101 Å². The van der Waals surface area contributed by atoms with Gasteiger partial charge in [-0.1, -0.05) is 18.6 Å². The predicted molar refractivity (Wildman–Crippen MR) is 65.4 cm³/mol. The van der Waals surface area contributed by atoms with E-state index in [9.17, 15) is 4.79 Å². The highest BCUT2D eigenvalue weighted by Gasteiger charge is 2.38. The van der Waals surface area contributed by atoms with E-state index >= 15 is 0 Å². The minimum atomic E-state index is -0.871. The number of hydrogen-bond acceptors (Lipinski definition) is 2. The van der Waals surface area contributed by atoms with Gasteiger partial charge in [0.1, 0.15) is 0 Å². The Kier molecular flexibility index (Phi) is 3.48. The number of ether oxygens (including phenoxy) is 1. The lowest BCUT2D eigenvalue weighted by atomic mass is 9.65. The molecule has 0 saturated heterocycles. The zero-order valence-corrected chi connectivity index (χ0v) is 10.1. The van der Waals surface area contributed by atoms with Crippen LogP contribution in [0.4, 0.5) is 0 Å². The van der Waals surface area contributed by atoms with Gasteiger partial charge in [0, 0.05) is 12.0 Å². The van der Waals surface area contributed by atoms with Crippen molar-refractivity contribution in [3.8, 4) is 0 Å². The molecule has 1 aromatic rings. The summed E-state index contributed by atoms with van der Waals surface area (Å²) in [7, 11) is 0. The van der Waals surface area contributed by atoms with Crippen molar-refractivity contribution >= 4 is 5.97 Å². The lowest BCUT2D eigenvalue weighted by molar-refractivity contribution is 0.0521. The summed E-state index contributed by atoms with van der Waals surface area (Å²) in [6.45, 7) is 3.48. The van der Waals surface area contributed by atoms with Crippen LogP contribution in [0.5, 0.6) is 0 Å². The molecule has 1 aliphatic rings. The molecule has 0 aliphatic heterocycles. The summed E-state index contributed by atoms with van der Waals surface area (Å²) in [6.07, 6.45) is 3.51. The van der Waals surface area contributed by atoms with Crippen LogP contribution in [-0.2, 0) is 10.2 Å². The van der Waals surface area contributed by atoms with Crippen molar-refractivity contribution < 1.29 is 14.6 Å². The topological polar surface area (TPSA) is 46.5 Å². The van der Waals surface area contributed by atoms with Crippen LogP contribution in [-0.4, -0.2) is 24.3 Å². The molecule has 0 bridgehead atoms. The maximum absolute atomic E-state index is 10.8. The molecule has 0 amide bonds. The Morgan fingerprint density at radius 1 is 1.35 bits per heavy atom. The summed E-state index contributed by atoms with van der Waals surface area (Å²) in [5, 5.41) is 8.87. The first kappa shape index (κ1) is 12.1. The fraction of sp³-hybridized carbons (Fsp3) is 0.500. The Morgan fingerprint density at radius 2 is 2.00 bits per heavy atom. The zero-order chi connectivity index (χ0) is 12.3. The van der Waals surface area contributed by atoms with Crippen LogP contribution in [0.2, 0.25) is 0 Å². The first-order valence-corrected chi connectivity index (χ1v) is 6.09. The molecule has 92 valence electrons. The van der Waals surface area contributed by atoms with E-state index in [-0.39, 0.29) is 5.41 Å². The fourth-order valence-electron chi connectivity index (χ4n) is 2.38. The Bertz CT molecular complexity index is 390. The van der Waals surface area contributed by atoms with Crippen LogP contribution >= 0.6 is 0 Å². The van der Waals surface area contributed by atoms with Crippen LogP contribution in [0.3, 0.4) is 0 Å². The van der Waals surface area contributed by atoms with E-state index in [0.29, 0.717) is 5.56 Å². The normalized spacial score (nSPS) is 17.5. The van der Waals surface area contributed by atoms with Crippen molar-refractivity contribution in [2.75, 3.05) is 13.2 Å². The third-order valence-corrected chi connectivity index (χ3v) is 3.64. The lowest BCUT2D eigenvalue weighted by Crippen LogP contribution is -2.39. The highest BCUT2D eigenvalue weighted by Crippen LogP contribution is 2.43. The van der Waals surface area contributed by atoms with Crippen LogP contribution in [0, 0.1) is 0 Å². The van der Waals surface area contributed by atoms with Crippen LogP contribution < -0.4 is 0 Å². The average Bonchev–Trinajstić information content (AvgIpc) is 2.28. The minimum Gasteiger partial charge on any atom is -0.478 e. The summed E-state index contributed by atoms with van der Waals surface area (Å²) in [6, 6.07) is 7.23. The molecule has 17 heavy (non-hydrogen) atoms. The molecule has 2 rings (SSSR count). The summed E-state index contributed by atoms with van der Waals surface area (Å²) in [5.74, 6) is -0.871. The Morgan fingerprint density at radius 3 is 2.41 bits per heavy atom. The molecule has 0 atom stereocenters. The molecule has 1 aliphatic carbocycles. The second-order valence-corrected chi connectivity index (χ2v) is 4.65. The van der Waals surface area contributed by atoms with Crippen molar-refractivity contribution in [1.82, 2.24) is 0 Å². The molecule has 3 nitrogen and oxygen atoms in total. The van der Waals surface area contributed by atoms with Gasteiger partial charge >= 0.3 is 5.97 Å². The van der Waals surface area contributed by atoms with Crippen molar-refractivity contribution in [3.63, 3.8) is 0 Å². The molecule has 3 heteroatoms. The third kappa shape index (κ3) is 2.34. The predicted octanol–water partition coefficient (Wildman–Crippen LogP) is 2.84. The first-order chi connectivity index (χ1) is 8.18. The summed E-state index contributed by atoms with van der Waals surface area (Å²) < 4.78 is 5.56. The van der Waals surface area contributed by atoms with Gasteiger partial charge in [-0.2, -0.15) is 0 Å². The molecular formula is C14H18O3. The second kappa shape index (κ2) is 4.88. The number of carboxylic acids is 1. The summed E-state index contributed by atoms with van der Waals surface area (Å²) in [4.78, 5) is 10.8. The maximum Gasteiger partial charge on any atom is 0.335 e. The molecule has 0 spiro atoms. The van der Waals surface area contributed by atoms with Crippen molar-refractivity contribution in [3.05, 3.63) is 35.4 Å². The van der Waals surface area contributed by atoms with Crippen LogP contribution in [0.25, 0.3) is 0 Å². The molecule has 0 heterocycles. The van der Waals surface area contributed by atoms with Crippen molar-refractivity contribution in [2.45, 2.75) is 31.6 Å². The second-order valence-electron chi connectivity index (χ2n) is 4.65. The van der Waals surface area contributed by atoms with Gasteiger partial charge in [-0.15, -0.1) is 0 Å². The highest BCUT2D eigenvalue weighted by atomic mass is 16.5. The van der Waals surface area contributed by atoms with E-state index in [1.807, 2.05) is 19.1 Å². The fourth-order valence-corrected chi connectivity index (χ4v) is 2.38. The van der Waals surface area contributed by atoms with E-state index in [1.165, 1.54) is 12.0 Å². The summed E-state index contributed by atoms with van der Waals surface area (Å²) in [5.41, 5.74) is 1.69. The number of hydrogen-bond donors (Lipinski definition) is 1. The van der Waals surface area contributed by atoms with E-state index < -0.39 is 5.97 Å². The maximum atomic E-state index is 10.8. The first-order valence-electron chi connectivity index (χ1n) is 6.09. The lowest BCUT2D eigenvalue weighted by Gasteiger charge is -2.42. The van der Waals surface area contributed by atoms with Gasteiger partial charge in [-0.05, 0) is 37.5 Å². The monoisotopic (exact) mass is 234 g/mol. The molecule has 1 N–H and O–H groups in total. The minimum absolute atomic E-state index is 0.132. The van der Waals surface area contributed by atoms with Gasteiger partial charge in [-0.3, -0.25) is 0 Å². The van der Waals surface area contributed by atoms with Crippen molar-refractivity contribution in [2.24, 2.45) is 0 Å². The standard InChI is InChI=1S/C14H18O3/c1-2-17-10-14(8-3-9-14)12-6-4-11(5-7-12)13(15)16/h4-7H,2-3,8-10H2,1H3,(H,15,16). The van der Waals surface area contributed by atoms with E-state index in [4.69, 9.17) is 9.84 Å². The molecule has 0 radical (unpaired) electrons. The Hall–Kier alpha value is -1.35. The molecule has 0 aromatic heterocycles. The van der Waals surface area contributed by atoms with E-state index in [1.54, 1.807) is 12.1 Å². The third-order valence-electron chi connectivity index (χ3n) is 3.64. The number of carbonyl (C=O) groups is 1. The quantitative estimate of drug-likeness (QED) is 0.852. The summed E-state index contributed by atoms with van der Waals surface area (Å²) >= 11 is 0. The molecule has 1 aromatic carbocycles. The van der Waals surface area contributed by atoms with E-state index in [0.717, 1.165) is 26.1 Å². The smallest absolute Gasteiger partial charge is 0.335 e. The molecule has 1 saturated carbocycles. The number of benzene rings is 1. The number of carboxylic acid groups (broad SMARTS) is 1. The van der Waals surface area contributed by atoms with Gasteiger partial charge in [0.15, 0.2) is 0 Å². The van der Waals surface area contributed by atoms with Gasteiger partial charge in [0.05, 0.1) is 12.2 Å². The SMILES string of the molecule is CCOCC1(c2ccc(C(=O)O)cc2)CCC1.